The van der Waals surface area contributed by atoms with Crippen molar-refractivity contribution in [1.82, 2.24) is 4.90 Å². The molecule has 2 rings (SSSR count). The molecule has 1 aliphatic rings. The molecule has 1 heterocycles. The SMILES string of the molecule is CCc1cccc(C)c1NC(=O)C(=O)N(C)C1CCS(=O)(=O)C1. The summed E-state index contributed by atoms with van der Waals surface area (Å²) in [4.78, 5) is 25.8. The number of hydrogen-bond donors (Lipinski definition) is 1. The van der Waals surface area contributed by atoms with Crippen molar-refractivity contribution in [2.45, 2.75) is 32.7 Å². The average Bonchev–Trinajstić information content (AvgIpc) is 2.87. The van der Waals surface area contributed by atoms with Crippen molar-refractivity contribution in [2.75, 3.05) is 23.9 Å². The lowest BCUT2D eigenvalue weighted by molar-refractivity contribution is -0.143. The highest BCUT2D eigenvalue weighted by atomic mass is 32.2. The van der Waals surface area contributed by atoms with E-state index in [4.69, 9.17) is 0 Å². The maximum Gasteiger partial charge on any atom is 0.313 e. The van der Waals surface area contributed by atoms with Gasteiger partial charge in [-0.2, -0.15) is 0 Å². The molecule has 0 spiro atoms. The van der Waals surface area contributed by atoms with Crippen LogP contribution in [0.3, 0.4) is 0 Å². The number of carbonyl (C=O) groups is 2. The summed E-state index contributed by atoms with van der Waals surface area (Å²) in [6.45, 7) is 3.84. The van der Waals surface area contributed by atoms with Crippen molar-refractivity contribution in [1.29, 1.82) is 0 Å². The maximum absolute atomic E-state index is 12.3. The lowest BCUT2D eigenvalue weighted by atomic mass is 10.1. The molecule has 0 radical (unpaired) electrons. The highest BCUT2D eigenvalue weighted by Gasteiger charge is 2.34. The summed E-state index contributed by atoms with van der Waals surface area (Å²) in [6.07, 6.45) is 1.12. The minimum atomic E-state index is -3.10. The summed E-state index contributed by atoms with van der Waals surface area (Å²) >= 11 is 0. The molecule has 1 N–H and O–H groups in total. The van der Waals surface area contributed by atoms with E-state index < -0.39 is 27.7 Å². The van der Waals surface area contributed by atoms with Crippen LogP contribution in [-0.2, 0) is 25.8 Å². The highest BCUT2D eigenvalue weighted by molar-refractivity contribution is 7.91. The monoisotopic (exact) mass is 338 g/mol. The fourth-order valence-electron chi connectivity index (χ4n) is 2.78. The Morgan fingerprint density at radius 2 is 2.04 bits per heavy atom. The van der Waals surface area contributed by atoms with E-state index in [0.29, 0.717) is 12.1 Å². The van der Waals surface area contributed by atoms with E-state index in [-0.39, 0.29) is 11.5 Å². The summed E-state index contributed by atoms with van der Waals surface area (Å²) in [5.41, 5.74) is 2.50. The molecule has 6 nitrogen and oxygen atoms in total. The molecule has 0 saturated carbocycles. The second-order valence-electron chi connectivity index (χ2n) is 5.89. The third-order valence-corrected chi connectivity index (χ3v) is 6.00. The van der Waals surface area contributed by atoms with Gasteiger partial charge in [-0.1, -0.05) is 25.1 Å². The average molecular weight is 338 g/mol. The summed E-state index contributed by atoms with van der Waals surface area (Å²) in [7, 11) is -1.62. The molecule has 1 saturated heterocycles. The zero-order chi connectivity index (χ0) is 17.2. The van der Waals surface area contributed by atoms with E-state index in [1.165, 1.54) is 11.9 Å². The molecule has 0 aromatic heterocycles. The number of benzene rings is 1. The Balaban J connectivity index is 2.11. The molecule has 126 valence electrons. The molecular formula is C16H22N2O4S. The van der Waals surface area contributed by atoms with Gasteiger partial charge in [0.05, 0.1) is 11.5 Å². The number of carbonyl (C=O) groups excluding carboxylic acids is 2. The first-order valence-corrected chi connectivity index (χ1v) is 9.44. The summed E-state index contributed by atoms with van der Waals surface area (Å²) in [6, 6.07) is 5.24. The van der Waals surface area contributed by atoms with Crippen molar-refractivity contribution in [3.05, 3.63) is 29.3 Å². The van der Waals surface area contributed by atoms with E-state index in [1.54, 1.807) is 0 Å². The number of hydrogen-bond acceptors (Lipinski definition) is 4. The van der Waals surface area contributed by atoms with Crippen LogP contribution in [0.1, 0.15) is 24.5 Å². The van der Waals surface area contributed by atoms with Crippen LogP contribution in [-0.4, -0.2) is 49.7 Å². The number of sulfone groups is 1. The molecule has 7 heteroatoms. The number of aryl methyl sites for hydroxylation is 2. The smallest absolute Gasteiger partial charge is 0.313 e. The van der Waals surface area contributed by atoms with Gasteiger partial charge in [0.2, 0.25) is 0 Å². The van der Waals surface area contributed by atoms with Gasteiger partial charge in [-0.3, -0.25) is 9.59 Å². The Hall–Kier alpha value is -1.89. The summed E-state index contributed by atoms with van der Waals surface area (Å²) < 4.78 is 23.0. The quantitative estimate of drug-likeness (QED) is 0.838. The minimum Gasteiger partial charge on any atom is -0.333 e. The van der Waals surface area contributed by atoms with Crippen molar-refractivity contribution in [3.8, 4) is 0 Å². The van der Waals surface area contributed by atoms with Crippen LogP contribution in [0, 0.1) is 6.92 Å². The van der Waals surface area contributed by atoms with Crippen LogP contribution in [0.2, 0.25) is 0 Å². The van der Waals surface area contributed by atoms with Crippen LogP contribution < -0.4 is 5.32 Å². The topological polar surface area (TPSA) is 83.6 Å². The van der Waals surface area contributed by atoms with Crippen LogP contribution in [0.5, 0.6) is 0 Å². The fourth-order valence-corrected chi connectivity index (χ4v) is 4.55. The van der Waals surface area contributed by atoms with Crippen LogP contribution in [0.15, 0.2) is 18.2 Å². The van der Waals surface area contributed by atoms with Gasteiger partial charge in [-0.05, 0) is 30.9 Å². The van der Waals surface area contributed by atoms with Gasteiger partial charge >= 0.3 is 11.8 Å². The Kier molecular flexibility index (Phi) is 5.09. The fraction of sp³-hybridized carbons (Fsp3) is 0.500. The predicted molar refractivity (Wildman–Crippen MR) is 89.0 cm³/mol. The van der Waals surface area contributed by atoms with Crippen molar-refractivity contribution in [3.63, 3.8) is 0 Å². The van der Waals surface area contributed by atoms with Gasteiger partial charge in [0.25, 0.3) is 0 Å². The lowest BCUT2D eigenvalue weighted by Crippen LogP contribution is -2.44. The molecule has 1 aromatic rings. The first kappa shape index (κ1) is 17.5. The number of rotatable bonds is 3. The Labute approximate surface area is 136 Å². The van der Waals surface area contributed by atoms with E-state index >= 15 is 0 Å². The molecule has 1 unspecified atom stereocenters. The number of para-hydroxylation sites is 1. The van der Waals surface area contributed by atoms with Crippen LogP contribution in [0.4, 0.5) is 5.69 Å². The second-order valence-corrected chi connectivity index (χ2v) is 8.12. The van der Waals surface area contributed by atoms with Crippen molar-refractivity contribution >= 4 is 27.3 Å². The third kappa shape index (κ3) is 3.90. The van der Waals surface area contributed by atoms with Gasteiger partial charge in [-0.15, -0.1) is 0 Å². The zero-order valence-electron chi connectivity index (χ0n) is 13.6. The van der Waals surface area contributed by atoms with Crippen molar-refractivity contribution < 1.29 is 18.0 Å². The third-order valence-electron chi connectivity index (χ3n) is 4.25. The van der Waals surface area contributed by atoms with Gasteiger partial charge in [-0.25, -0.2) is 8.42 Å². The van der Waals surface area contributed by atoms with E-state index in [2.05, 4.69) is 5.32 Å². The van der Waals surface area contributed by atoms with E-state index in [0.717, 1.165) is 17.5 Å². The molecule has 1 fully saturated rings. The zero-order valence-corrected chi connectivity index (χ0v) is 14.4. The summed E-state index contributed by atoms with van der Waals surface area (Å²) in [5, 5.41) is 2.68. The molecule has 23 heavy (non-hydrogen) atoms. The van der Waals surface area contributed by atoms with Gasteiger partial charge in [0.1, 0.15) is 0 Å². The molecule has 0 bridgehead atoms. The Morgan fingerprint density at radius 3 is 2.61 bits per heavy atom. The Bertz CT molecular complexity index is 728. The number of anilines is 1. The number of nitrogens with zero attached hydrogens (tertiary/aromatic N) is 1. The predicted octanol–water partition coefficient (Wildman–Crippen LogP) is 1.14. The maximum atomic E-state index is 12.3. The minimum absolute atomic E-state index is 0.0642. The molecule has 2 amide bonds. The lowest BCUT2D eigenvalue weighted by Gasteiger charge is -2.23. The van der Waals surface area contributed by atoms with Gasteiger partial charge in [0.15, 0.2) is 9.84 Å². The molecule has 1 aromatic carbocycles. The van der Waals surface area contributed by atoms with E-state index in [9.17, 15) is 18.0 Å². The molecule has 0 aliphatic carbocycles. The van der Waals surface area contributed by atoms with Crippen molar-refractivity contribution in [2.24, 2.45) is 0 Å². The summed E-state index contributed by atoms with van der Waals surface area (Å²) in [5.74, 6) is -1.46. The second kappa shape index (κ2) is 6.70. The normalized spacial score (nSPS) is 19.3. The number of likely N-dealkylation sites (N-methyl/N-ethyl adjacent to an activating group) is 1. The Morgan fingerprint density at radius 1 is 1.35 bits per heavy atom. The molecule has 1 aliphatic heterocycles. The first-order chi connectivity index (χ1) is 10.7. The molecule has 1 atom stereocenters. The number of nitrogens with one attached hydrogen (secondary N) is 1. The van der Waals surface area contributed by atoms with Crippen LogP contribution >= 0.6 is 0 Å². The van der Waals surface area contributed by atoms with Crippen LogP contribution in [0.25, 0.3) is 0 Å². The first-order valence-electron chi connectivity index (χ1n) is 7.62. The van der Waals surface area contributed by atoms with Gasteiger partial charge in [0, 0.05) is 18.8 Å². The largest absolute Gasteiger partial charge is 0.333 e. The van der Waals surface area contributed by atoms with E-state index in [1.807, 2.05) is 32.0 Å². The highest BCUT2D eigenvalue weighted by Crippen LogP contribution is 2.22. The standard InChI is InChI=1S/C16H22N2O4S/c1-4-12-7-5-6-11(2)14(12)17-15(19)16(20)18(3)13-8-9-23(21,22)10-13/h5-7,13H,4,8-10H2,1-3H3,(H,17,19). The number of amides is 2. The molecular weight excluding hydrogens is 316 g/mol. The van der Waals surface area contributed by atoms with Gasteiger partial charge < -0.3 is 10.2 Å².